The quantitative estimate of drug-likeness (QED) is 0.293. The van der Waals surface area contributed by atoms with Crippen molar-refractivity contribution in [3.05, 3.63) is 26.7 Å². The van der Waals surface area contributed by atoms with E-state index in [1.165, 1.54) is 18.7 Å². The number of aromatic nitrogens is 4. The van der Waals surface area contributed by atoms with Crippen molar-refractivity contribution in [1.29, 1.82) is 0 Å². The minimum absolute atomic E-state index is 0.0388. The van der Waals surface area contributed by atoms with Crippen molar-refractivity contribution in [2.45, 2.75) is 38.1 Å². The minimum atomic E-state index is -0.586. The first kappa shape index (κ1) is 20.8. The van der Waals surface area contributed by atoms with Gasteiger partial charge in [-0.25, -0.2) is 14.8 Å². The van der Waals surface area contributed by atoms with Crippen LogP contribution in [0.2, 0.25) is 0 Å². The summed E-state index contributed by atoms with van der Waals surface area (Å²) < 4.78 is 7.03. The highest BCUT2D eigenvalue weighted by Gasteiger charge is 2.20. The number of hydrogen-bond acceptors (Lipinski definition) is 8. The molecule has 146 valence electrons. The van der Waals surface area contributed by atoms with Gasteiger partial charge in [-0.2, -0.15) is 0 Å². The SMILES string of the molecule is CCOC(=O)CC(=O)CSc1nc(C(C)C)nc2c1c(=O)n(C)c(=O)n2C. The molecule has 0 radical (unpaired) electrons. The van der Waals surface area contributed by atoms with Crippen LogP contribution in [-0.4, -0.2) is 43.2 Å². The third-order valence-corrected chi connectivity index (χ3v) is 4.85. The van der Waals surface area contributed by atoms with Crippen LogP contribution in [0.4, 0.5) is 0 Å². The molecule has 0 fully saturated rings. The molecule has 9 nitrogen and oxygen atoms in total. The van der Waals surface area contributed by atoms with Crippen LogP contribution < -0.4 is 11.2 Å². The molecule has 0 aliphatic rings. The molecule has 27 heavy (non-hydrogen) atoms. The molecule has 0 saturated heterocycles. The summed E-state index contributed by atoms with van der Waals surface area (Å²) in [7, 11) is 2.91. The van der Waals surface area contributed by atoms with Crippen molar-refractivity contribution in [3.8, 4) is 0 Å². The molecule has 2 aromatic rings. The summed E-state index contributed by atoms with van der Waals surface area (Å²) in [5, 5.41) is 0.495. The van der Waals surface area contributed by atoms with Gasteiger partial charge in [-0.1, -0.05) is 25.6 Å². The molecule has 0 amide bonds. The minimum Gasteiger partial charge on any atom is -0.466 e. The van der Waals surface area contributed by atoms with Gasteiger partial charge in [0.25, 0.3) is 5.56 Å². The Bertz CT molecular complexity index is 1010. The summed E-state index contributed by atoms with van der Waals surface area (Å²) in [6.45, 7) is 5.65. The Hall–Kier alpha value is -2.49. The molecule has 0 atom stereocenters. The Morgan fingerprint density at radius 3 is 2.41 bits per heavy atom. The standard InChI is InChI=1S/C17H22N4O5S/c1-6-26-11(23)7-10(22)8-27-15-12-14(18-13(19-15)9(2)3)20(4)17(25)21(5)16(12)24/h9H,6-8H2,1-5H3. The lowest BCUT2D eigenvalue weighted by Crippen LogP contribution is -2.38. The second-order valence-electron chi connectivity index (χ2n) is 6.26. The Morgan fingerprint density at radius 2 is 1.81 bits per heavy atom. The fourth-order valence-corrected chi connectivity index (χ4v) is 3.26. The number of nitrogens with zero attached hydrogens (tertiary/aromatic N) is 4. The van der Waals surface area contributed by atoms with Gasteiger partial charge in [-0.05, 0) is 6.92 Å². The highest BCUT2D eigenvalue weighted by atomic mass is 32.2. The van der Waals surface area contributed by atoms with Crippen LogP contribution in [0.1, 0.15) is 38.9 Å². The van der Waals surface area contributed by atoms with Gasteiger partial charge in [0.15, 0.2) is 11.4 Å². The molecule has 0 unspecified atom stereocenters. The van der Waals surface area contributed by atoms with Gasteiger partial charge >= 0.3 is 11.7 Å². The Kier molecular flexibility index (Phi) is 6.53. The summed E-state index contributed by atoms with van der Waals surface area (Å²) in [6.07, 6.45) is -0.336. The smallest absolute Gasteiger partial charge is 0.332 e. The number of fused-ring (bicyclic) bond motifs is 1. The predicted molar refractivity (Wildman–Crippen MR) is 101 cm³/mol. The number of carbonyl (C=O) groups is 2. The third-order valence-electron chi connectivity index (χ3n) is 3.82. The fourth-order valence-electron chi connectivity index (χ4n) is 2.38. The Balaban J connectivity index is 2.49. The van der Waals surface area contributed by atoms with Crippen molar-refractivity contribution in [3.63, 3.8) is 0 Å². The summed E-state index contributed by atoms with van der Waals surface area (Å²) in [5.74, 6) is -0.543. The van der Waals surface area contributed by atoms with E-state index in [-0.39, 0.29) is 41.5 Å². The van der Waals surface area contributed by atoms with Gasteiger partial charge in [0, 0.05) is 20.0 Å². The maximum absolute atomic E-state index is 12.6. The average Bonchev–Trinajstić information content (AvgIpc) is 2.62. The van der Waals surface area contributed by atoms with E-state index in [0.717, 1.165) is 16.3 Å². The first-order valence-corrected chi connectivity index (χ1v) is 9.43. The number of rotatable bonds is 7. The average molecular weight is 394 g/mol. The van der Waals surface area contributed by atoms with Gasteiger partial charge in [-0.15, -0.1) is 0 Å². The molecule has 2 aromatic heterocycles. The molecule has 10 heteroatoms. The summed E-state index contributed by atoms with van der Waals surface area (Å²) >= 11 is 1.05. The summed E-state index contributed by atoms with van der Waals surface area (Å²) in [4.78, 5) is 57.0. The highest BCUT2D eigenvalue weighted by molar-refractivity contribution is 8.00. The molecule has 0 spiro atoms. The van der Waals surface area contributed by atoms with E-state index in [9.17, 15) is 19.2 Å². The van der Waals surface area contributed by atoms with Crippen LogP contribution in [0.3, 0.4) is 0 Å². The van der Waals surface area contributed by atoms with Gasteiger partial charge in [0.05, 0.1) is 12.4 Å². The molecule has 0 aliphatic heterocycles. The normalized spacial score (nSPS) is 11.2. The van der Waals surface area contributed by atoms with Crippen LogP contribution in [0.5, 0.6) is 0 Å². The first-order valence-electron chi connectivity index (χ1n) is 8.45. The number of aryl methyl sites for hydroxylation is 1. The zero-order chi connectivity index (χ0) is 20.3. The van der Waals surface area contributed by atoms with E-state index in [0.29, 0.717) is 10.9 Å². The summed E-state index contributed by atoms with van der Waals surface area (Å²) in [5.41, 5.74) is -0.791. The second kappa shape index (κ2) is 8.47. The van der Waals surface area contributed by atoms with E-state index < -0.39 is 17.2 Å². The van der Waals surface area contributed by atoms with Crippen molar-refractivity contribution in [2.75, 3.05) is 12.4 Å². The van der Waals surface area contributed by atoms with E-state index in [1.54, 1.807) is 6.92 Å². The highest BCUT2D eigenvalue weighted by Crippen LogP contribution is 2.24. The van der Waals surface area contributed by atoms with E-state index in [4.69, 9.17) is 4.74 Å². The lowest BCUT2D eigenvalue weighted by Gasteiger charge is -2.13. The monoisotopic (exact) mass is 394 g/mol. The molecule has 0 saturated carbocycles. The number of ketones is 1. The van der Waals surface area contributed by atoms with Crippen LogP contribution in [0.15, 0.2) is 14.6 Å². The lowest BCUT2D eigenvalue weighted by molar-refractivity contribution is -0.145. The zero-order valence-electron chi connectivity index (χ0n) is 15.9. The number of Topliss-reactive ketones (excluding diaryl/α,β-unsaturated/α-hetero) is 1. The molecule has 0 N–H and O–H groups in total. The molecule has 0 aliphatic carbocycles. The van der Waals surface area contributed by atoms with Crippen LogP contribution in [0, 0.1) is 0 Å². The number of thioether (sulfide) groups is 1. The number of ether oxygens (including phenoxy) is 1. The number of esters is 1. The first-order chi connectivity index (χ1) is 12.7. The summed E-state index contributed by atoms with van der Waals surface area (Å²) in [6, 6.07) is 0. The number of carbonyl (C=O) groups excluding carboxylic acids is 2. The molecular formula is C17H22N4O5S. The van der Waals surface area contributed by atoms with E-state index >= 15 is 0 Å². The van der Waals surface area contributed by atoms with Crippen molar-refractivity contribution in [1.82, 2.24) is 19.1 Å². The second-order valence-corrected chi connectivity index (χ2v) is 7.22. The van der Waals surface area contributed by atoms with Gasteiger partial charge in [-0.3, -0.25) is 23.5 Å². The van der Waals surface area contributed by atoms with Crippen molar-refractivity contribution in [2.24, 2.45) is 14.1 Å². The van der Waals surface area contributed by atoms with Gasteiger partial charge in [0.2, 0.25) is 0 Å². The number of hydrogen-bond donors (Lipinski definition) is 0. The lowest BCUT2D eigenvalue weighted by atomic mass is 10.2. The van der Waals surface area contributed by atoms with Crippen LogP contribution >= 0.6 is 11.8 Å². The van der Waals surface area contributed by atoms with Crippen molar-refractivity contribution >= 4 is 34.5 Å². The Morgan fingerprint density at radius 1 is 1.15 bits per heavy atom. The maximum Gasteiger partial charge on any atom is 0.332 e. The maximum atomic E-state index is 12.6. The third kappa shape index (κ3) is 4.44. The predicted octanol–water partition coefficient (Wildman–Crippen LogP) is 0.765. The van der Waals surface area contributed by atoms with E-state index in [2.05, 4.69) is 9.97 Å². The van der Waals surface area contributed by atoms with Gasteiger partial charge < -0.3 is 4.74 Å². The molecular weight excluding hydrogens is 372 g/mol. The van der Waals surface area contributed by atoms with Crippen LogP contribution in [0.25, 0.3) is 11.0 Å². The molecule has 2 rings (SSSR count). The topological polar surface area (TPSA) is 113 Å². The fraction of sp³-hybridized carbons (Fsp3) is 0.529. The largest absolute Gasteiger partial charge is 0.466 e. The van der Waals surface area contributed by atoms with Gasteiger partial charge in [0.1, 0.15) is 22.7 Å². The van der Waals surface area contributed by atoms with Crippen molar-refractivity contribution < 1.29 is 14.3 Å². The zero-order valence-corrected chi connectivity index (χ0v) is 16.8. The van der Waals surface area contributed by atoms with E-state index in [1.807, 2.05) is 13.8 Å². The molecule has 2 heterocycles. The Labute approximate surface area is 159 Å². The van der Waals surface area contributed by atoms with Crippen LogP contribution in [-0.2, 0) is 28.4 Å². The molecule has 0 aromatic carbocycles. The molecule has 0 bridgehead atoms.